The largest absolute Gasteiger partial charge is 0.283 e. The number of amides is 1. The molecule has 4 rings (SSSR count). The zero-order valence-electron chi connectivity index (χ0n) is 13.4. The zero-order valence-corrected chi connectivity index (χ0v) is 14.2. The predicted octanol–water partition coefficient (Wildman–Crippen LogP) is 4.41. The molecule has 0 unspecified atom stereocenters. The van der Waals surface area contributed by atoms with E-state index in [0.717, 1.165) is 46.6 Å². The molecule has 0 aliphatic heterocycles. The molecule has 0 bridgehead atoms. The summed E-state index contributed by atoms with van der Waals surface area (Å²) in [6.07, 6.45) is 7.86. The maximum absolute atomic E-state index is 13.1. The topological polar surface area (TPSA) is 46.1 Å². The van der Waals surface area contributed by atoms with Gasteiger partial charge in [-0.3, -0.25) is 14.7 Å². The third-order valence-corrected chi connectivity index (χ3v) is 5.61. The second-order valence-electron chi connectivity index (χ2n) is 6.23. The number of carbonyl (C=O) groups excluding carboxylic acids is 1. The fourth-order valence-corrected chi connectivity index (χ4v) is 4.25. The van der Waals surface area contributed by atoms with Crippen LogP contribution in [0.2, 0.25) is 0 Å². The molecule has 2 aromatic heterocycles. The summed E-state index contributed by atoms with van der Waals surface area (Å²) in [7, 11) is 0. The molecule has 1 aliphatic rings. The summed E-state index contributed by atoms with van der Waals surface area (Å²) in [6.45, 7) is 0.531. The van der Waals surface area contributed by atoms with Crippen LogP contribution >= 0.6 is 11.3 Å². The standard InChI is InChI=1S/C19H19N3OS/c23-18(15-7-1-2-8-15)22(13-14-6-5-11-20-12-14)19-21-16-9-3-4-10-17(16)24-19/h3-6,9-12,15H,1-2,7-8,13H2. The van der Waals surface area contributed by atoms with E-state index in [2.05, 4.69) is 11.1 Å². The van der Waals surface area contributed by atoms with Crippen LogP contribution in [0.15, 0.2) is 48.8 Å². The van der Waals surface area contributed by atoms with Crippen molar-refractivity contribution in [3.63, 3.8) is 0 Å². The van der Waals surface area contributed by atoms with Gasteiger partial charge in [-0.05, 0) is 36.6 Å². The molecule has 0 spiro atoms. The molecule has 3 aromatic rings. The minimum Gasteiger partial charge on any atom is -0.283 e. The number of benzene rings is 1. The van der Waals surface area contributed by atoms with Gasteiger partial charge in [0, 0.05) is 18.3 Å². The summed E-state index contributed by atoms with van der Waals surface area (Å²) >= 11 is 1.59. The number of thiazole rings is 1. The number of para-hydroxylation sites is 1. The molecule has 0 N–H and O–H groups in total. The van der Waals surface area contributed by atoms with Crippen molar-refractivity contribution < 1.29 is 4.79 Å². The summed E-state index contributed by atoms with van der Waals surface area (Å²) in [5.41, 5.74) is 1.98. The van der Waals surface area contributed by atoms with Crippen LogP contribution in [0, 0.1) is 5.92 Å². The average molecular weight is 337 g/mol. The van der Waals surface area contributed by atoms with Gasteiger partial charge in [0.2, 0.25) is 5.91 Å². The first kappa shape index (κ1) is 15.3. The van der Waals surface area contributed by atoms with Gasteiger partial charge in [-0.15, -0.1) is 0 Å². The van der Waals surface area contributed by atoms with Gasteiger partial charge in [0.1, 0.15) is 0 Å². The zero-order chi connectivity index (χ0) is 16.4. The number of hydrogen-bond acceptors (Lipinski definition) is 4. The fourth-order valence-electron chi connectivity index (χ4n) is 3.28. The quantitative estimate of drug-likeness (QED) is 0.708. The number of fused-ring (bicyclic) bond motifs is 1. The van der Waals surface area contributed by atoms with Crippen molar-refractivity contribution in [2.75, 3.05) is 4.90 Å². The van der Waals surface area contributed by atoms with Crippen molar-refractivity contribution in [3.05, 3.63) is 54.4 Å². The lowest BCUT2D eigenvalue weighted by molar-refractivity contribution is -0.122. The van der Waals surface area contributed by atoms with Crippen LogP contribution in [0.4, 0.5) is 5.13 Å². The molecule has 24 heavy (non-hydrogen) atoms. The molecular weight excluding hydrogens is 318 g/mol. The van der Waals surface area contributed by atoms with E-state index >= 15 is 0 Å². The van der Waals surface area contributed by atoms with E-state index in [1.165, 1.54) is 0 Å². The summed E-state index contributed by atoms with van der Waals surface area (Å²) in [4.78, 5) is 23.8. The molecule has 1 saturated carbocycles. The van der Waals surface area contributed by atoms with Crippen molar-refractivity contribution in [1.29, 1.82) is 0 Å². The maximum Gasteiger partial charge on any atom is 0.232 e. The van der Waals surface area contributed by atoms with E-state index in [0.29, 0.717) is 6.54 Å². The van der Waals surface area contributed by atoms with Crippen LogP contribution in [-0.2, 0) is 11.3 Å². The normalized spacial score (nSPS) is 15.0. The Labute approximate surface area is 145 Å². The van der Waals surface area contributed by atoms with Crippen molar-refractivity contribution >= 4 is 32.6 Å². The SMILES string of the molecule is O=C(C1CCCC1)N(Cc1cccnc1)c1nc2ccccc2s1. The number of pyridine rings is 1. The number of hydrogen-bond donors (Lipinski definition) is 0. The predicted molar refractivity (Wildman–Crippen MR) is 97.0 cm³/mol. The van der Waals surface area contributed by atoms with Crippen LogP contribution in [0.25, 0.3) is 10.2 Å². The summed E-state index contributed by atoms with van der Waals surface area (Å²) in [5.74, 6) is 0.337. The molecule has 1 aliphatic carbocycles. The third-order valence-electron chi connectivity index (χ3n) is 4.55. The van der Waals surface area contributed by atoms with Gasteiger partial charge in [-0.25, -0.2) is 4.98 Å². The van der Waals surface area contributed by atoms with E-state index in [1.54, 1.807) is 17.5 Å². The van der Waals surface area contributed by atoms with E-state index in [9.17, 15) is 4.79 Å². The first-order valence-electron chi connectivity index (χ1n) is 8.37. The van der Waals surface area contributed by atoms with Gasteiger partial charge >= 0.3 is 0 Å². The molecule has 1 amide bonds. The van der Waals surface area contributed by atoms with Gasteiger partial charge < -0.3 is 0 Å². The fraction of sp³-hybridized carbons (Fsp3) is 0.316. The average Bonchev–Trinajstić information content (AvgIpc) is 3.29. The van der Waals surface area contributed by atoms with Gasteiger partial charge in [-0.1, -0.05) is 42.4 Å². The smallest absolute Gasteiger partial charge is 0.232 e. The van der Waals surface area contributed by atoms with E-state index in [1.807, 2.05) is 41.4 Å². The van der Waals surface area contributed by atoms with E-state index in [4.69, 9.17) is 4.98 Å². The first-order chi connectivity index (χ1) is 11.8. The Bertz CT molecular complexity index is 807. The highest BCUT2D eigenvalue weighted by Gasteiger charge is 2.29. The van der Waals surface area contributed by atoms with Gasteiger partial charge in [0.15, 0.2) is 5.13 Å². The third kappa shape index (κ3) is 3.04. The Hall–Kier alpha value is -2.27. The minimum atomic E-state index is 0.133. The highest BCUT2D eigenvalue weighted by atomic mass is 32.1. The summed E-state index contributed by atoms with van der Waals surface area (Å²) in [6, 6.07) is 12.0. The Morgan fingerprint density at radius 1 is 1.17 bits per heavy atom. The highest BCUT2D eigenvalue weighted by molar-refractivity contribution is 7.22. The van der Waals surface area contributed by atoms with Crippen molar-refractivity contribution in [3.8, 4) is 0 Å². The summed E-state index contributed by atoms with van der Waals surface area (Å²) in [5, 5.41) is 0.789. The van der Waals surface area contributed by atoms with Crippen LogP contribution < -0.4 is 4.90 Å². The molecule has 2 heterocycles. The van der Waals surface area contributed by atoms with Gasteiger partial charge in [-0.2, -0.15) is 0 Å². The van der Waals surface area contributed by atoms with Crippen LogP contribution in [0.5, 0.6) is 0 Å². The molecule has 1 aromatic carbocycles. The van der Waals surface area contributed by atoms with Crippen molar-refractivity contribution in [2.45, 2.75) is 32.2 Å². The lowest BCUT2D eigenvalue weighted by Gasteiger charge is -2.23. The van der Waals surface area contributed by atoms with Crippen molar-refractivity contribution in [1.82, 2.24) is 9.97 Å². The van der Waals surface area contributed by atoms with E-state index in [-0.39, 0.29) is 11.8 Å². The van der Waals surface area contributed by atoms with Gasteiger partial charge in [0.05, 0.1) is 16.8 Å². The molecule has 1 fully saturated rings. The number of nitrogens with zero attached hydrogens (tertiary/aromatic N) is 3. The lowest BCUT2D eigenvalue weighted by atomic mass is 10.1. The van der Waals surface area contributed by atoms with Crippen LogP contribution in [-0.4, -0.2) is 15.9 Å². The number of aromatic nitrogens is 2. The lowest BCUT2D eigenvalue weighted by Crippen LogP contribution is -2.34. The number of carbonyl (C=O) groups is 1. The Morgan fingerprint density at radius 2 is 2.00 bits per heavy atom. The second-order valence-corrected chi connectivity index (χ2v) is 7.24. The number of rotatable bonds is 4. The molecule has 0 saturated heterocycles. The Balaban J connectivity index is 1.69. The molecule has 0 radical (unpaired) electrons. The van der Waals surface area contributed by atoms with Crippen LogP contribution in [0.1, 0.15) is 31.2 Å². The summed E-state index contributed by atoms with van der Waals surface area (Å²) < 4.78 is 1.11. The second kappa shape index (κ2) is 6.69. The highest BCUT2D eigenvalue weighted by Crippen LogP contribution is 2.33. The molecule has 0 atom stereocenters. The maximum atomic E-state index is 13.1. The van der Waals surface area contributed by atoms with E-state index < -0.39 is 0 Å². The first-order valence-corrected chi connectivity index (χ1v) is 9.19. The molecular formula is C19H19N3OS. The number of anilines is 1. The van der Waals surface area contributed by atoms with Crippen molar-refractivity contribution in [2.24, 2.45) is 5.92 Å². The van der Waals surface area contributed by atoms with Crippen LogP contribution in [0.3, 0.4) is 0 Å². The molecule has 4 nitrogen and oxygen atoms in total. The monoisotopic (exact) mass is 337 g/mol. The Kier molecular flexibility index (Phi) is 4.26. The minimum absolute atomic E-state index is 0.133. The van der Waals surface area contributed by atoms with Gasteiger partial charge in [0.25, 0.3) is 0 Å². The molecule has 5 heteroatoms. The molecule has 122 valence electrons. The Morgan fingerprint density at radius 3 is 2.75 bits per heavy atom.